The minimum atomic E-state index is -0.109. The summed E-state index contributed by atoms with van der Waals surface area (Å²) >= 11 is 6.06. The normalized spacial score (nSPS) is 11.5. The molecule has 0 fully saturated rings. The molecular formula is C19H16ClN3O2. The van der Waals surface area contributed by atoms with Crippen LogP contribution in [0.15, 0.2) is 36.4 Å². The topological polar surface area (TPSA) is 71.1 Å². The number of para-hydroxylation sites is 2. The number of phenolic OH excluding ortho intramolecular Hbond substituents is 1. The number of allylic oxidation sites excluding steroid dienone is 1. The number of rotatable bonds is 4. The molecule has 0 spiro atoms. The fourth-order valence-corrected chi connectivity index (χ4v) is 2.86. The lowest BCUT2D eigenvalue weighted by Crippen LogP contribution is -1.96. The molecule has 0 radical (unpaired) electrons. The van der Waals surface area contributed by atoms with Crippen molar-refractivity contribution in [2.75, 3.05) is 6.61 Å². The number of halogens is 1. The summed E-state index contributed by atoms with van der Waals surface area (Å²) in [4.78, 5) is 4.54. The lowest BCUT2D eigenvalue weighted by molar-refractivity contribution is 0.318. The lowest BCUT2D eigenvalue weighted by Gasteiger charge is -2.09. The Morgan fingerprint density at radius 2 is 2.16 bits per heavy atom. The molecule has 6 heteroatoms. The van der Waals surface area contributed by atoms with Crippen molar-refractivity contribution in [3.63, 3.8) is 0 Å². The second kappa shape index (κ2) is 6.88. The molecule has 0 aliphatic carbocycles. The molecule has 126 valence electrons. The standard InChI is InChI=1S/C19H16ClN3O2/c1-3-25-17-10-12(9-14(20)18(17)24)8-13(11-21)19-22-15-6-4-5-7-16(15)23(19)2/h4-10,24H,3H2,1-2H3. The summed E-state index contributed by atoms with van der Waals surface area (Å²) < 4.78 is 7.25. The molecule has 0 bridgehead atoms. The van der Waals surface area contributed by atoms with Crippen molar-refractivity contribution in [2.45, 2.75) is 6.92 Å². The van der Waals surface area contributed by atoms with Gasteiger partial charge in [0.1, 0.15) is 6.07 Å². The highest BCUT2D eigenvalue weighted by Crippen LogP contribution is 2.36. The maximum Gasteiger partial charge on any atom is 0.176 e. The van der Waals surface area contributed by atoms with E-state index in [0.717, 1.165) is 11.0 Å². The zero-order valence-electron chi connectivity index (χ0n) is 13.8. The Labute approximate surface area is 150 Å². The Bertz CT molecular complexity index is 1020. The van der Waals surface area contributed by atoms with Crippen LogP contribution in [-0.2, 0) is 7.05 Å². The van der Waals surface area contributed by atoms with Gasteiger partial charge in [-0.2, -0.15) is 5.26 Å². The Hall–Kier alpha value is -2.97. The van der Waals surface area contributed by atoms with Crippen LogP contribution in [0.25, 0.3) is 22.7 Å². The molecule has 3 rings (SSSR count). The molecule has 0 aliphatic heterocycles. The molecule has 1 heterocycles. The average molecular weight is 354 g/mol. The van der Waals surface area contributed by atoms with Crippen LogP contribution < -0.4 is 4.74 Å². The first-order chi connectivity index (χ1) is 12.0. The van der Waals surface area contributed by atoms with E-state index >= 15 is 0 Å². The number of imidazole rings is 1. The molecule has 2 aromatic carbocycles. The Balaban J connectivity index is 2.12. The summed E-state index contributed by atoms with van der Waals surface area (Å²) in [5.74, 6) is 0.733. The molecule has 3 aromatic rings. The minimum Gasteiger partial charge on any atom is -0.503 e. The van der Waals surface area contributed by atoms with E-state index in [1.165, 1.54) is 0 Å². The summed E-state index contributed by atoms with van der Waals surface area (Å²) in [5.41, 5.74) is 2.80. The zero-order valence-corrected chi connectivity index (χ0v) is 14.6. The van der Waals surface area contributed by atoms with Gasteiger partial charge < -0.3 is 14.4 Å². The quantitative estimate of drug-likeness (QED) is 0.706. The first-order valence-electron chi connectivity index (χ1n) is 7.74. The van der Waals surface area contributed by atoms with Crippen molar-refractivity contribution in [1.82, 2.24) is 9.55 Å². The van der Waals surface area contributed by atoms with E-state index < -0.39 is 0 Å². The molecule has 0 atom stereocenters. The zero-order chi connectivity index (χ0) is 18.0. The summed E-state index contributed by atoms with van der Waals surface area (Å²) in [6.07, 6.45) is 1.68. The second-order valence-electron chi connectivity index (χ2n) is 5.44. The van der Waals surface area contributed by atoms with Crippen molar-refractivity contribution < 1.29 is 9.84 Å². The van der Waals surface area contributed by atoms with E-state index in [1.807, 2.05) is 42.8 Å². The first-order valence-corrected chi connectivity index (χ1v) is 8.12. The molecule has 0 unspecified atom stereocenters. The minimum absolute atomic E-state index is 0.109. The predicted molar refractivity (Wildman–Crippen MR) is 98.5 cm³/mol. The Kier molecular flexibility index (Phi) is 4.64. The number of hydrogen-bond acceptors (Lipinski definition) is 4. The molecule has 0 saturated carbocycles. The van der Waals surface area contributed by atoms with Gasteiger partial charge in [0, 0.05) is 7.05 Å². The van der Waals surface area contributed by atoms with Crippen LogP contribution in [0.5, 0.6) is 11.5 Å². The van der Waals surface area contributed by atoms with Gasteiger partial charge in [0.25, 0.3) is 0 Å². The molecule has 1 aromatic heterocycles. The Morgan fingerprint density at radius 3 is 2.84 bits per heavy atom. The third-order valence-electron chi connectivity index (χ3n) is 3.81. The van der Waals surface area contributed by atoms with Crippen molar-refractivity contribution >= 4 is 34.3 Å². The molecule has 0 saturated heterocycles. The molecular weight excluding hydrogens is 338 g/mol. The average Bonchev–Trinajstić information content (AvgIpc) is 2.94. The van der Waals surface area contributed by atoms with E-state index in [2.05, 4.69) is 11.1 Å². The number of aryl methyl sites for hydroxylation is 1. The highest BCUT2D eigenvalue weighted by Gasteiger charge is 2.14. The van der Waals surface area contributed by atoms with Crippen LogP contribution in [0.3, 0.4) is 0 Å². The fraction of sp³-hybridized carbons (Fsp3) is 0.158. The summed E-state index contributed by atoms with van der Waals surface area (Å²) in [6, 6.07) is 13.1. The van der Waals surface area contributed by atoms with Crippen LogP contribution in [0.1, 0.15) is 18.3 Å². The number of fused-ring (bicyclic) bond motifs is 1. The van der Waals surface area contributed by atoms with E-state index in [9.17, 15) is 10.4 Å². The molecule has 1 N–H and O–H groups in total. The molecule has 0 amide bonds. The summed E-state index contributed by atoms with van der Waals surface area (Å²) in [7, 11) is 1.87. The Morgan fingerprint density at radius 1 is 1.40 bits per heavy atom. The van der Waals surface area contributed by atoms with Crippen LogP contribution in [-0.4, -0.2) is 21.3 Å². The maximum atomic E-state index is 9.94. The molecule has 25 heavy (non-hydrogen) atoms. The van der Waals surface area contributed by atoms with E-state index in [0.29, 0.717) is 23.6 Å². The number of nitriles is 1. The van der Waals surface area contributed by atoms with Crippen molar-refractivity contribution in [3.05, 3.63) is 52.8 Å². The predicted octanol–water partition coefficient (Wildman–Crippen LogP) is 4.40. The SMILES string of the molecule is CCOc1cc(C=C(C#N)c2nc3ccccc3n2C)cc(Cl)c1O. The smallest absolute Gasteiger partial charge is 0.176 e. The van der Waals surface area contributed by atoms with E-state index in [4.69, 9.17) is 16.3 Å². The van der Waals surface area contributed by atoms with Gasteiger partial charge in [-0.25, -0.2) is 4.98 Å². The number of aromatic nitrogens is 2. The van der Waals surface area contributed by atoms with Gasteiger partial charge in [0.2, 0.25) is 0 Å². The van der Waals surface area contributed by atoms with Crippen LogP contribution in [0.4, 0.5) is 0 Å². The lowest BCUT2D eigenvalue weighted by atomic mass is 10.1. The summed E-state index contributed by atoms with van der Waals surface area (Å²) in [5, 5.41) is 19.7. The number of hydrogen-bond donors (Lipinski definition) is 1. The highest BCUT2D eigenvalue weighted by molar-refractivity contribution is 6.32. The van der Waals surface area contributed by atoms with Gasteiger partial charge >= 0.3 is 0 Å². The van der Waals surface area contributed by atoms with Gasteiger partial charge in [-0.1, -0.05) is 23.7 Å². The third kappa shape index (κ3) is 3.17. The van der Waals surface area contributed by atoms with Crippen LogP contribution in [0.2, 0.25) is 5.02 Å². The monoisotopic (exact) mass is 353 g/mol. The number of ether oxygens (including phenoxy) is 1. The van der Waals surface area contributed by atoms with Crippen LogP contribution >= 0.6 is 11.6 Å². The van der Waals surface area contributed by atoms with Crippen molar-refractivity contribution in [3.8, 4) is 17.6 Å². The van der Waals surface area contributed by atoms with Gasteiger partial charge in [-0.3, -0.25) is 0 Å². The van der Waals surface area contributed by atoms with Gasteiger partial charge in [-0.15, -0.1) is 0 Å². The number of benzene rings is 2. The third-order valence-corrected chi connectivity index (χ3v) is 4.10. The second-order valence-corrected chi connectivity index (χ2v) is 5.84. The van der Waals surface area contributed by atoms with Crippen LogP contribution in [0, 0.1) is 11.3 Å². The maximum absolute atomic E-state index is 9.94. The van der Waals surface area contributed by atoms with Gasteiger partial charge in [0.15, 0.2) is 17.3 Å². The molecule has 5 nitrogen and oxygen atoms in total. The van der Waals surface area contributed by atoms with Gasteiger partial charge in [-0.05, 0) is 42.8 Å². The van der Waals surface area contributed by atoms with Crippen molar-refractivity contribution in [1.29, 1.82) is 5.26 Å². The molecule has 0 aliphatic rings. The summed E-state index contributed by atoms with van der Waals surface area (Å²) in [6.45, 7) is 2.21. The number of phenols is 1. The van der Waals surface area contributed by atoms with E-state index in [-0.39, 0.29) is 16.5 Å². The number of aromatic hydroxyl groups is 1. The first kappa shape index (κ1) is 16.9. The number of nitrogens with zero attached hydrogens (tertiary/aromatic N) is 3. The fourth-order valence-electron chi connectivity index (χ4n) is 2.64. The highest BCUT2D eigenvalue weighted by atomic mass is 35.5. The van der Waals surface area contributed by atoms with E-state index in [1.54, 1.807) is 18.2 Å². The van der Waals surface area contributed by atoms with Crippen molar-refractivity contribution in [2.24, 2.45) is 7.05 Å². The van der Waals surface area contributed by atoms with Gasteiger partial charge in [0.05, 0.1) is 28.2 Å². The largest absolute Gasteiger partial charge is 0.503 e.